The predicted octanol–water partition coefficient (Wildman–Crippen LogP) is 0.727. The van der Waals surface area contributed by atoms with Crippen LogP contribution < -0.4 is 11.2 Å². The lowest BCUT2D eigenvalue weighted by Crippen LogP contribution is -2.31. The fourth-order valence-corrected chi connectivity index (χ4v) is 1.35. The first kappa shape index (κ1) is 11.9. The summed E-state index contributed by atoms with van der Waals surface area (Å²) in [4.78, 5) is 24.0. The molecule has 90 valence electrons. The molecule has 1 heterocycles. The third kappa shape index (κ3) is 2.74. The Kier molecular flexibility index (Phi) is 3.39. The Bertz CT molecular complexity index is 720. The van der Waals surface area contributed by atoms with Gasteiger partial charge in [0.2, 0.25) is 5.82 Å². The fraction of sp³-hybridized carbons (Fsp3) is 0.0769. The molecule has 0 spiro atoms. The molecule has 0 saturated carbocycles. The molecule has 1 aromatic heterocycles. The third-order valence-electron chi connectivity index (χ3n) is 2.22. The summed E-state index contributed by atoms with van der Waals surface area (Å²) in [5.74, 6) is 4.56. The average Bonchev–Trinajstić information content (AvgIpc) is 2.37. The van der Waals surface area contributed by atoms with Crippen LogP contribution in [-0.2, 0) is 6.54 Å². The van der Waals surface area contributed by atoms with E-state index in [1.807, 2.05) is 35.3 Å². The standard InChI is InChI=1S/C13H9FN2O2/c14-11-9-16(13(18)15-12(11)17)8-4-7-10-5-2-1-3-6-10/h1-3,5-6,9H,8H2,(H,15,17,18). The second-order valence-corrected chi connectivity index (χ2v) is 3.53. The van der Waals surface area contributed by atoms with Crippen LogP contribution in [-0.4, -0.2) is 9.55 Å². The van der Waals surface area contributed by atoms with Crippen molar-refractivity contribution in [1.29, 1.82) is 0 Å². The van der Waals surface area contributed by atoms with Crippen LogP contribution in [0, 0.1) is 17.7 Å². The number of hydrogen-bond acceptors (Lipinski definition) is 2. The molecule has 4 nitrogen and oxygen atoms in total. The van der Waals surface area contributed by atoms with E-state index in [0.29, 0.717) is 0 Å². The number of H-pyrrole nitrogens is 1. The number of nitrogens with zero attached hydrogens (tertiary/aromatic N) is 1. The number of nitrogens with one attached hydrogen (secondary N) is 1. The fourth-order valence-electron chi connectivity index (χ4n) is 1.35. The van der Waals surface area contributed by atoms with E-state index in [4.69, 9.17) is 0 Å². The summed E-state index contributed by atoms with van der Waals surface area (Å²) in [5, 5.41) is 0. The summed E-state index contributed by atoms with van der Waals surface area (Å²) in [6, 6.07) is 9.20. The Morgan fingerprint density at radius 2 is 1.94 bits per heavy atom. The van der Waals surface area contributed by atoms with Crippen molar-refractivity contribution in [2.45, 2.75) is 6.54 Å². The summed E-state index contributed by atoms with van der Waals surface area (Å²) in [5.41, 5.74) is -0.897. The molecular formula is C13H9FN2O2. The van der Waals surface area contributed by atoms with Crippen LogP contribution in [0.15, 0.2) is 46.1 Å². The number of aromatic nitrogens is 2. The predicted molar refractivity (Wildman–Crippen MR) is 64.6 cm³/mol. The quantitative estimate of drug-likeness (QED) is 0.752. The minimum Gasteiger partial charge on any atom is -0.286 e. The number of benzene rings is 1. The van der Waals surface area contributed by atoms with E-state index in [2.05, 4.69) is 11.8 Å². The molecule has 0 aliphatic heterocycles. The Balaban J connectivity index is 2.22. The maximum atomic E-state index is 13.0. The summed E-state index contributed by atoms with van der Waals surface area (Å²) < 4.78 is 14.0. The molecule has 0 unspecified atom stereocenters. The van der Waals surface area contributed by atoms with Gasteiger partial charge >= 0.3 is 5.69 Å². The monoisotopic (exact) mass is 244 g/mol. The van der Waals surface area contributed by atoms with Crippen molar-refractivity contribution in [1.82, 2.24) is 9.55 Å². The van der Waals surface area contributed by atoms with Gasteiger partial charge in [0, 0.05) is 5.56 Å². The highest BCUT2D eigenvalue weighted by atomic mass is 19.1. The minimum atomic E-state index is -1.02. The van der Waals surface area contributed by atoms with Gasteiger partial charge in [-0.15, -0.1) is 0 Å². The van der Waals surface area contributed by atoms with E-state index in [1.165, 1.54) is 0 Å². The summed E-state index contributed by atoms with van der Waals surface area (Å²) in [6.45, 7) is 0.0153. The van der Waals surface area contributed by atoms with Crippen molar-refractivity contribution in [3.63, 3.8) is 0 Å². The van der Waals surface area contributed by atoms with Crippen LogP contribution >= 0.6 is 0 Å². The van der Waals surface area contributed by atoms with Crippen LogP contribution in [0.1, 0.15) is 5.56 Å². The Labute approximate surface area is 102 Å². The lowest BCUT2D eigenvalue weighted by atomic mass is 10.2. The first-order chi connectivity index (χ1) is 8.66. The molecule has 0 saturated heterocycles. The largest absolute Gasteiger partial charge is 0.329 e. The molecule has 0 aliphatic rings. The number of hydrogen-bond donors (Lipinski definition) is 1. The van der Waals surface area contributed by atoms with Crippen molar-refractivity contribution >= 4 is 0 Å². The van der Waals surface area contributed by atoms with E-state index in [0.717, 1.165) is 16.3 Å². The second-order valence-electron chi connectivity index (χ2n) is 3.53. The Hall–Kier alpha value is -2.61. The van der Waals surface area contributed by atoms with Gasteiger partial charge in [0.05, 0.1) is 12.7 Å². The molecule has 0 bridgehead atoms. The summed E-state index contributed by atoms with van der Waals surface area (Å²) in [7, 11) is 0. The minimum absolute atomic E-state index is 0.0153. The van der Waals surface area contributed by atoms with Gasteiger partial charge in [0.1, 0.15) is 0 Å². The number of halogens is 1. The van der Waals surface area contributed by atoms with Gasteiger partial charge < -0.3 is 0 Å². The SMILES string of the molecule is O=c1[nH]c(=O)n(CC#Cc2ccccc2)cc1F. The van der Waals surface area contributed by atoms with Crippen molar-refractivity contribution in [3.05, 3.63) is 68.7 Å². The highest BCUT2D eigenvalue weighted by Crippen LogP contribution is 1.94. The zero-order valence-electron chi connectivity index (χ0n) is 9.31. The normalized spacial score (nSPS) is 9.61. The number of rotatable bonds is 1. The third-order valence-corrected chi connectivity index (χ3v) is 2.22. The van der Waals surface area contributed by atoms with E-state index >= 15 is 0 Å². The lowest BCUT2D eigenvalue weighted by Gasteiger charge is -1.98. The lowest BCUT2D eigenvalue weighted by molar-refractivity contribution is 0.570. The van der Waals surface area contributed by atoms with Crippen molar-refractivity contribution in [3.8, 4) is 11.8 Å². The van der Waals surface area contributed by atoms with Gasteiger partial charge in [-0.2, -0.15) is 4.39 Å². The smallest absolute Gasteiger partial charge is 0.286 e. The first-order valence-corrected chi connectivity index (χ1v) is 5.20. The zero-order valence-corrected chi connectivity index (χ0v) is 9.31. The van der Waals surface area contributed by atoms with E-state index in [-0.39, 0.29) is 6.54 Å². The van der Waals surface area contributed by atoms with E-state index < -0.39 is 17.1 Å². The molecule has 0 amide bonds. The highest BCUT2D eigenvalue weighted by molar-refractivity contribution is 5.33. The maximum Gasteiger partial charge on any atom is 0.329 e. The van der Waals surface area contributed by atoms with Crippen molar-refractivity contribution in [2.24, 2.45) is 0 Å². The molecule has 2 rings (SSSR count). The molecule has 1 N–H and O–H groups in total. The van der Waals surface area contributed by atoms with Crippen molar-refractivity contribution in [2.75, 3.05) is 0 Å². The second kappa shape index (κ2) is 5.15. The Morgan fingerprint density at radius 3 is 2.67 bits per heavy atom. The Morgan fingerprint density at radius 1 is 1.22 bits per heavy atom. The van der Waals surface area contributed by atoms with Crippen molar-refractivity contribution < 1.29 is 4.39 Å². The number of aromatic amines is 1. The van der Waals surface area contributed by atoms with E-state index in [1.54, 1.807) is 0 Å². The summed E-state index contributed by atoms with van der Waals surface area (Å²) in [6.07, 6.45) is 0.848. The molecule has 0 aliphatic carbocycles. The highest BCUT2D eigenvalue weighted by Gasteiger charge is 2.01. The van der Waals surface area contributed by atoms with E-state index in [9.17, 15) is 14.0 Å². The van der Waals surface area contributed by atoms with Crippen LogP contribution in [0.3, 0.4) is 0 Å². The van der Waals surface area contributed by atoms with Gasteiger partial charge in [-0.3, -0.25) is 14.3 Å². The maximum absolute atomic E-state index is 13.0. The van der Waals surface area contributed by atoms with Crippen LogP contribution in [0.5, 0.6) is 0 Å². The summed E-state index contributed by atoms with van der Waals surface area (Å²) >= 11 is 0. The van der Waals surface area contributed by atoms with Gasteiger partial charge in [-0.25, -0.2) is 4.79 Å². The van der Waals surface area contributed by atoms with Crippen LogP contribution in [0.25, 0.3) is 0 Å². The van der Waals surface area contributed by atoms with Gasteiger partial charge in [0.15, 0.2) is 0 Å². The molecule has 0 radical (unpaired) electrons. The molecule has 5 heteroatoms. The average molecular weight is 244 g/mol. The first-order valence-electron chi connectivity index (χ1n) is 5.20. The van der Waals surface area contributed by atoms with Gasteiger partial charge in [-0.05, 0) is 12.1 Å². The molecule has 18 heavy (non-hydrogen) atoms. The van der Waals surface area contributed by atoms with Crippen LogP contribution in [0.4, 0.5) is 4.39 Å². The molecule has 1 aromatic carbocycles. The van der Waals surface area contributed by atoms with Gasteiger partial charge in [0.25, 0.3) is 5.56 Å². The zero-order chi connectivity index (χ0) is 13.0. The van der Waals surface area contributed by atoms with Gasteiger partial charge in [-0.1, -0.05) is 30.0 Å². The molecular weight excluding hydrogens is 235 g/mol. The molecule has 0 fully saturated rings. The molecule has 2 aromatic rings. The molecule has 0 atom stereocenters. The van der Waals surface area contributed by atoms with Crippen LogP contribution in [0.2, 0.25) is 0 Å². The topological polar surface area (TPSA) is 54.9 Å².